The van der Waals surface area contributed by atoms with Crippen LogP contribution in [0.25, 0.3) is 11.3 Å². The minimum atomic E-state index is -0.128. The molecule has 1 fully saturated rings. The molecule has 0 bridgehead atoms. The first-order valence-corrected chi connectivity index (χ1v) is 7.91. The van der Waals surface area contributed by atoms with Crippen molar-refractivity contribution in [3.8, 4) is 11.3 Å². The summed E-state index contributed by atoms with van der Waals surface area (Å²) in [4.78, 5) is 12.2. The van der Waals surface area contributed by atoms with Gasteiger partial charge in [-0.15, -0.1) is 12.4 Å². The molecule has 0 aliphatic carbocycles. The number of piperidine rings is 1. The maximum absolute atomic E-state index is 12.2. The molecule has 0 saturated carbocycles. The fraction of sp³-hybridized carbons (Fsp3) is 0.375. The Balaban J connectivity index is 0.00000192. The summed E-state index contributed by atoms with van der Waals surface area (Å²) >= 11 is 6.15. The summed E-state index contributed by atoms with van der Waals surface area (Å²) in [5, 5.41) is 13.9. The molecule has 0 spiro atoms. The predicted octanol–water partition coefficient (Wildman–Crippen LogP) is 2.88. The van der Waals surface area contributed by atoms with Crippen LogP contribution in [0.3, 0.4) is 0 Å². The van der Waals surface area contributed by atoms with E-state index in [1.807, 2.05) is 18.2 Å². The van der Waals surface area contributed by atoms with Gasteiger partial charge in [-0.05, 0) is 44.0 Å². The molecule has 1 aromatic heterocycles. The van der Waals surface area contributed by atoms with Crippen LogP contribution >= 0.6 is 24.0 Å². The SMILES string of the molecule is Cl.O=C(NCC1CCCNC1)c1cc(-c2ccccc2Cl)n[nH]1. The summed E-state index contributed by atoms with van der Waals surface area (Å²) in [7, 11) is 0. The summed E-state index contributed by atoms with van der Waals surface area (Å²) in [6.07, 6.45) is 2.32. The van der Waals surface area contributed by atoms with E-state index in [9.17, 15) is 4.79 Å². The molecule has 7 heteroatoms. The number of halogens is 2. The number of hydrogen-bond acceptors (Lipinski definition) is 3. The highest BCUT2D eigenvalue weighted by Crippen LogP contribution is 2.26. The molecule has 3 rings (SSSR count). The number of aromatic nitrogens is 2. The van der Waals surface area contributed by atoms with Gasteiger partial charge in [0.15, 0.2) is 0 Å². The lowest BCUT2D eigenvalue weighted by molar-refractivity contribution is 0.0940. The van der Waals surface area contributed by atoms with Gasteiger partial charge in [-0.2, -0.15) is 5.10 Å². The van der Waals surface area contributed by atoms with Crippen molar-refractivity contribution in [2.24, 2.45) is 5.92 Å². The first-order valence-electron chi connectivity index (χ1n) is 7.53. The molecule has 0 radical (unpaired) electrons. The minimum Gasteiger partial charge on any atom is -0.350 e. The first kappa shape index (κ1) is 17.8. The number of nitrogens with one attached hydrogen (secondary N) is 3. The van der Waals surface area contributed by atoms with E-state index < -0.39 is 0 Å². The second-order valence-electron chi connectivity index (χ2n) is 5.57. The average molecular weight is 355 g/mol. The van der Waals surface area contributed by atoms with Gasteiger partial charge in [0.25, 0.3) is 5.91 Å². The number of H-pyrrole nitrogens is 1. The summed E-state index contributed by atoms with van der Waals surface area (Å²) < 4.78 is 0. The second kappa shape index (κ2) is 8.34. The molecule has 1 unspecified atom stereocenters. The Morgan fingerprint density at radius 1 is 1.39 bits per heavy atom. The van der Waals surface area contributed by atoms with Crippen LogP contribution in [0.1, 0.15) is 23.3 Å². The number of carbonyl (C=O) groups is 1. The molecule has 2 heterocycles. The van der Waals surface area contributed by atoms with Gasteiger partial charge in [-0.25, -0.2) is 0 Å². The Morgan fingerprint density at radius 2 is 2.22 bits per heavy atom. The number of nitrogens with zero attached hydrogens (tertiary/aromatic N) is 1. The molecule has 1 aliphatic heterocycles. The van der Waals surface area contributed by atoms with Gasteiger partial charge >= 0.3 is 0 Å². The number of amides is 1. The predicted molar refractivity (Wildman–Crippen MR) is 94.2 cm³/mol. The molecule has 1 aliphatic rings. The van der Waals surface area contributed by atoms with E-state index in [0.29, 0.717) is 28.9 Å². The molecule has 124 valence electrons. The summed E-state index contributed by atoms with van der Waals surface area (Å²) in [5.41, 5.74) is 1.95. The van der Waals surface area contributed by atoms with Crippen LogP contribution in [0.15, 0.2) is 30.3 Å². The Bertz CT molecular complexity index is 653. The van der Waals surface area contributed by atoms with Crippen LogP contribution in [0.4, 0.5) is 0 Å². The van der Waals surface area contributed by atoms with Crippen LogP contribution in [0, 0.1) is 5.92 Å². The molecular weight excluding hydrogens is 335 g/mol. The van der Waals surface area contributed by atoms with Gasteiger partial charge in [0.05, 0.1) is 10.7 Å². The Kier molecular flexibility index (Phi) is 6.45. The van der Waals surface area contributed by atoms with Gasteiger partial charge in [-0.1, -0.05) is 29.8 Å². The minimum absolute atomic E-state index is 0. The zero-order valence-electron chi connectivity index (χ0n) is 12.6. The number of hydrogen-bond donors (Lipinski definition) is 3. The smallest absolute Gasteiger partial charge is 0.269 e. The lowest BCUT2D eigenvalue weighted by Crippen LogP contribution is -2.38. The van der Waals surface area contributed by atoms with E-state index in [1.165, 1.54) is 6.42 Å². The van der Waals surface area contributed by atoms with Gasteiger partial charge in [-0.3, -0.25) is 9.89 Å². The number of aromatic amines is 1. The van der Waals surface area contributed by atoms with Crippen molar-refractivity contribution < 1.29 is 4.79 Å². The van der Waals surface area contributed by atoms with Gasteiger partial charge in [0.2, 0.25) is 0 Å². The van der Waals surface area contributed by atoms with Gasteiger partial charge < -0.3 is 10.6 Å². The van der Waals surface area contributed by atoms with E-state index in [4.69, 9.17) is 11.6 Å². The van der Waals surface area contributed by atoms with Crippen LogP contribution < -0.4 is 10.6 Å². The maximum Gasteiger partial charge on any atom is 0.269 e. The lowest BCUT2D eigenvalue weighted by atomic mass is 10.00. The monoisotopic (exact) mass is 354 g/mol. The average Bonchev–Trinajstić information content (AvgIpc) is 3.04. The van der Waals surface area contributed by atoms with E-state index in [-0.39, 0.29) is 18.3 Å². The van der Waals surface area contributed by atoms with Crippen molar-refractivity contribution >= 4 is 29.9 Å². The van der Waals surface area contributed by atoms with Crippen molar-refractivity contribution in [3.63, 3.8) is 0 Å². The van der Waals surface area contributed by atoms with Crippen molar-refractivity contribution in [1.82, 2.24) is 20.8 Å². The summed E-state index contributed by atoms with van der Waals surface area (Å²) in [6, 6.07) is 9.18. The zero-order valence-corrected chi connectivity index (χ0v) is 14.2. The van der Waals surface area contributed by atoms with Crippen molar-refractivity contribution in [3.05, 3.63) is 41.0 Å². The highest BCUT2D eigenvalue weighted by molar-refractivity contribution is 6.33. The molecule has 5 nitrogen and oxygen atoms in total. The maximum atomic E-state index is 12.2. The van der Waals surface area contributed by atoms with Crippen LogP contribution in [0.5, 0.6) is 0 Å². The molecule has 2 aromatic rings. The highest BCUT2D eigenvalue weighted by Gasteiger charge is 2.16. The fourth-order valence-electron chi connectivity index (χ4n) is 2.68. The van der Waals surface area contributed by atoms with Crippen LogP contribution in [0.2, 0.25) is 5.02 Å². The molecule has 3 N–H and O–H groups in total. The molecule has 23 heavy (non-hydrogen) atoms. The van der Waals surface area contributed by atoms with Crippen molar-refractivity contribution in [2.75, 3.05) is 19.6 Å². The molecule has 1 amide bonds. The largest absolute Gasteiger partial charge is 0.350 e. The Morgan fingerprint density at radius 3 is 2.96 bits per heavy atom. The lowest BCUT2D eigenvalue weighted by Gasteiger charge is -2.22. The molecular formula is C16H20Cl2N4O. The van der Waals surface area contributed by atoms with Crippen molar-refractivity contribution in [1.29, 1.82) is 0 Å². The zero-order chi connectivity index (χ0) is 15.4. The third kappa shape index (κ3) is 4.47. The Labute approximate surface area is 146 Å². The Hall–Kier alpha value is -1.56. The quantitative estimate of drug-likeness (QED) is 0.790. The van der Waals surface area contributed by atoms with E-state index in [0.717, 1.165) is 25.1 Å². The van der Waals surface area contributed by atoms with Crippen LogP contribution in [-0.4, -0.2) is 35.7 Å². The van der Waals surface area contributed by atoms with Gasteiger partial charge in [0.1, 0.15) is 5.69 Å². The summed E-state index contributed by atoms with van der Waals surface area (Å²) in [5.74, 6) is 0.375. The van der Waals surface area contributed by atoms with Gasteiger partial charge in [0, 0.05) is 12.1 Å². The normalized spacial score (nSPS) is 17.3. The number of carbonyl (C=O) groups excluding carboxylic acids is 1. The first-order chi connectivity index (χ1) is 10.7. The van der Waals surface area contributed by atoms with Crippen LogP contribution in [-0.2, 0) is 0 Å². The fourth-order valence-corrected chi connectivity index (χ4v) is 2.91. The van der Waals surface area contributed by atoms with E-state index >= 15 is 0 Å². The number of benzene rings is 1. The third-order valence-electron chi connectivity index (χ3n) is 3.92. The van der Waals surface area contributed by atoms with Crippen molar-refractivity contribution in [2.45, 2.75) is 12.8 Å². The standard InChI is InChI=1S/C16H19ClN4O.ClH/c17-13-6-2-1-5-12(13)14-8-15(21-20-14)16(22)19-10-11-4-3-7-18-9-11;/h1-2,5-6,8,11,18H,3-4,7,9-10H2,(H,19,22)(H,20,21);1H. The molecule has 1 aromatic carbocycles. The number of rotatable bonds is 4. The molecule has 1 atom stereocenters. The highest BCUT2D eigenvalue weighted by atomic mass is 35.5. The van der Waals surface area contributed by atoms with E-state index in [1.54, 1.807) is 12.1 Å². The summed E-state index contributed by atoms with van der Waals surface area (Å²) in [6.45, 7) is 2.73. The topological polar surface area (TPSA) is 69.8 Å². The van der Waals surface area contributed by atoms with E-state index in [2.05, 4.69) is 20.8 Å². The second-order valence-corrected chi connectivity index (χ2v) is 5.98. The molecule has 1 saturated heterocycles. The third-order valence-corrected chi connectivity index (χ3v) is 4.25.